The molecule has 1 aromatic heterocycles. The van der Waals surface area contributed by atoms with Gasteiger partial charge in [-0.3, -0.25) is 0 Å². The first-order chi connectivity index (χ1) is 8.74. The van der Waals surface area contributed by atoms with Crippen molar-refractivity contribution in [1.29, 1.82) is 0 Å². The summed E-state index contributed by atoms with van der Waals surface area (Å²) in [5.41, 5.74) is 1.03. The van der Waals surface area contributed by atoms with Crippen LogP contribution in [0, 0.1) is 0 Å². The Morgan fingerprint density at radius 2 is 2.06 bits per heavy atom. The van der Waals surface area contributed by atoms with Gasteiger partial charge < -0.3 is 10.6 Å². The molecule has 0 aliphatic carbocycles. The van der Waals surface area contributed by atoms with Crippen molar-refractivity contribution in [2.45, 2.75) is 4.90 Å². The zero-order chi connectivity index (χ0) is 13.0. The third-order valence-corrected chi connectivity index (χ3v) is 3.70. The lowest BCUT2D eigenvalue weighted by Crippen LogP contribution is -2.01. The summed E-state index contributed by atoms with van der Waals surface area (Å²) in [6.07, 6.45) is 3.78. The molecule has 2 aromatic rings. The molecule has 0 saturated carbocycles. The number of benzene rings is 1. The van der Waals surface area contributed by atoms with Crippen LogP contribution in [0.1, 0.15) is 0 Å². The summed E-state index contributed by atoms with van der Waals surface area (Å²) in [6, 6.07) is 8.11. The van der Waals surface area contributed by atoms with Crippen LogP contribution in [0.15, 0.2) is 39.8 Å². The van der Waals surface area contributed by atoms with Gasteiger partial charge in [-0.15, -0.1) is 11.8 Å². The molecule has 0 radical (unpaired) electrons. The van der Waals surface area contributed by atoms with Crippen molar-refractivity contribution in [3.63, 3.8) is 0 Å². The molecule has 94 valence electrons. The highest BCUT2D eigenvalue weighted by atomic mass is 79.9. The van der Waals surface area contributed by atoms with E-state index in [4.69, 9.17) is 0 Å². The maximum atomic E-state index is 4.37. The third-order valence-electron chi connectivity index (χ3n) is 2.33. The highest BCUT2D eigenvalue weighted by molar-refractivity contribution is 9.10. The molecule has 0 saturated heterocycles. The Labute approximate surface area is 119 Å². The topological polar surface area (TPSA) is 49.8 Å². The second-order valence-corrected chi connectivity index (χ2v) is 5.17. The molecule has 0 bridgehead atoms. The number of anilines is 3. The molecule has 18 heavy (non-hydrogen) atoms. The number of aromatic nitrogens is 2. The normalized spacial score (nSPS) is 10.2. The second-order valence-electron chi connectivity index (χ2n) is 3.47. The number of hydrogen-bond acceptors (Lipinski definition) is 5. The van der Waals surface area contributed by atoms with Crippen molar-refractivity contribution >= 4 is 45.1 Å². The van der Waals surface area contributed by atoms with E-state index >= 15 is 0 Å². The van der Waals surface area contributed by atoms with Crippen molar-refractivity contribution in [1.82, 2.24) is 9.97 Å². The summed E-state index contributed by atoms with van der Waals surface area (Å²) < 4.78 is 0.831. The van der Waals surface area contributed by atoms with Crippen LogP contribution in [0.5, 0.6) is 0 Å². The molecule has 0 amide bonds. The maximum absolute atomic E-state index is 4.37. The first-order valence-electron chi connectivity index (χ1n) is 5.35. The minimum atomic E-state index is 0.585. The second kappa shape index (κ2) is 6.06. The lowest BCUT2D eigenvalue weighted by molar-refractivity contribution is 1.13. The molecule has 0 fully saturated rings. The number of hydrogen-bond donors (Lipinski definition) is 2. The molecule has 6 heteroatoms. The standard InChI is InChI=1S/C12H13BrN4S/c1-14-12-15-7-8(13)11(17-12)16-9-5-3-4-6-10(9)18-2/h3-7H,1-2H3,(H2,14,15,16,17). The third kappa shape index (κ3) is 2.94. The molecule has 2 N–H and O–H groups in total. The summed E-state index contributed by atoms with van der Waals surface area (Å²) in [4.78, 5) is 9.67. The van der Waals surface area contributed by atoms with Crippen molar-refractivity contribution in [2.24, 2.45) is 0 Å². The highest BCUT2D eigenvalue weighted by Crippen LogP contribution is 2.30. The van der Waals surface area contributed by atoms with Gasteiger partial charge in [-0.2, -0.15) is 4.98 Å². The summed E-state index contributed by atoms with van der Waals surface area (Å²) in [7, 11) is 1.79. The fourth-order valence-electron chi connectivity index (χ4n) is 1.45. The van der Waals surface area contributed by atoms with Crippen LogP contribution in [0.25, 0.3) is 0 Å². The number of nitrogens with zero attached hydrogens (tertiary/aromatic N) is 2. The van der Waals surface area contributed by atoms with E-state index in [1.165, 1.54) is 4.90 Å². The Balaban J connectivity index is 2.33. The quantitative estimate of drug-likeness (QED) is 0.839. The molecule has 4 nitrogen and oxygen atoms in total. The number of rotatable bonds is 4. The van der Waals surface area contributed by atoms with Crippen molar-refractivity contribution in [3.8, 4) is 0 Å². The summed E-state index contributed by atoms with van der Waals surface area (Å²) in [5.74, 6) is 1.33. The molecule has 0 atom stereocenters. The molecular weight excluding hydrogens is 312 g/mol. The first-order valence-corrected chi connectivity index (χ1v) is 7.36. The summed E-state index contributed by atoms with van der Waals surface area (Å²) in [5, 5.41) is 6.23. The highest BCUT2D eigenvalue weighted by Gasteiger charge is 2.07. The summed E-state index contributed by atoms with van der Waals surface area (Å²) >= 11 is 5.14. The van der Waals surface area contributed by atoms with E-state index in [1.807, 2.05) is 18.2 Å². The van der Waals surface area contributed by atoms with Crippen molar-refractivity contribution in [3.05, 3.63) is 34.9 Å². The molecule has 0 unspecified atom stereocenters. The van der Waals surface area contributed by atoms with Crippen molar-refractivity contribution < 1.29 is 0 Å². The Morgan fingerprint density at radius 1 is 1.28 bits per heavy atom. The minimum absolute atomic E-state index is 0.585. The van der Waals surface area contributed by atoms with Gasteiger partial charge in [-0.1, -0.05) is 12.1 Å². The predicted octanol–water partition coefficient (Wildman–Crippen LogP) is 3.75. The Morgan fingerprint density at radius 3 is 2.78 bits per heavy atom. The van der Waals surface area contributed by atoms with E-state index < -0.39 is 0 Å². The van der Waals surface area contributed by atoms with Crippen LogP contribution in [0.3, 0.4) is 0 Å². The van der Waals surface area contributed by atoms with Gasteiger partial charge in [0.25, 0.3) is 0 Å². The Kier molecular flexibility index (Phi) is 4.43. The van der Waals surface area contributed by atoms with Crippen LogP contribution in [-0.4, -0.2) is 23.3 Å². The molecule has 1 heterocycles. The van der Waals surface area contributed by atoms with Crippen LogP contribution in [0.2, 0.25) is 0 Å². The van der Waals surface area contributed by atoms with Crippen LogP contribution in [0.4, 0.5) is 17.5 Å². The monoisotopic (exact) mass is 324 g/mol. The molecule has 0 aliphatic rings. The lowest BCUT2D eigenvalue weighted by atomic mass is 10.3. The zero-order valence-corrected chi connectivity index (χ0v) is 12.5. The SMILES string of the molecule is CNc1ncc(Br)c(Nc2ccccc2SC)n1. The molecular formula is C12H13BrN4S. The van der Waals surface area contributed by atoms with Crippen LogP contribution < -0.4 is 10.6 Å². The number of nitrogens with one attached hydrogen (secondary N) is 2. The van der Waals surface area contributed by atoms with E-state index in [0.717, 1.165) is 16.0 Å². The molecule has 0 aliphatic heterocycles. The average molecular weight is 325 g/mol. The predicted molar refractivity (Wildman–Crippen MR) is 80.8 cm³/mol. The van der Waals surface area contributed by atoms with Crippen molar-refractivity contribution in [2.75, 3.05) is 23.9 Å². The minimum Gasteiger partial charge on any atom is -0.357 e. The molecule has 1 aromatic carbocycles. The number of halogens is 1. The van der Waals surface area contributed by atoms with Gasteiger partial charge in [0.05, 0.1) is 10.2 Å². The fraction of sp³-hybridized carbons (Fsp3) is 0.167. The zero-order valence-electron chi connectivity index (χ0n) is 10.1. The van der Waals surface area contributed by atoms with Gasteiger partial charge in [0, 0.05) is 18.1 Å². The van der Waals surface area contributed by atoms with Gasteiger partial charge in [0.15, 0.2) is 0 Å². The Hall–Kier alpha value is -1.27. The van der Waals surface area contributed by atoms with E-state index in [0.29, 0.717) is 5.95 Å². The lowest BCUT2D eigenvalue weighted by Gasteiger charge is -2.11. The Bertz CT molecular complexity index is 547. The van der Waals surface area contributed by atoms with Gasteiger partial charge in [0.1, 0.15) is 5.82 Å². The number of thioether (sulfide) groups is 1. The molecule has 2 rings (SSSR count). The van der Waals surface area contributed by atoms with Gasteiger partial charge in [-0.25, -0.2) is 4.98 Å². The first kappa shape index (κ1) is 13.2. The smallest absolute Gasteiger partial charge is 0.224 e. The fourth-order valence-corrected chi connectivity index (χ4v) is 2.29. The van der Waals surface area contributed by atoms with E-state index in [9.17, 15) is 0 Å². The van der Waals surface area contributed by atoms with E-state index in [2.05, 4.69) is 48.9 Å². The number of para-hydroxylation sites is 1. The van der Waals surface area contributed by atoms with E-state index in [-0.39, 0.29) is 0 Å². The van der Waals surface area contributed by atoms with Gasteiger partial charge >= 0.3 is 0 Å². The van der Waals surface area contributed by atoms with Gasteiger partial charge in [-0.05, 0) is 34.3 Å². The average Bonchev–Trinajstić information content (AvgIpc) is 2.42. The largest absolute Gasteiger partial charge is 0.357 e. The van der Waals surface area contributed by atoms with Gasteiger partial charge in [0.2, 0.25) is 5.95 Å². The van der Waals surface area contributed by atoms with Crippen LogP contribution in [-0.2, 0) is 0 Å². The van der Waals surface area contributed by atoms with E-state index in [1.54, 1.807) is 25.0 Å². The molecule has 0 spiro atoms. The summed E-state index contributed by atoms with van der Waals surface area (Å²) in [6.45, 7) is 0. The van der Waals surface area contributed by atoms with Crippen LogP contribution >= 0.6 is 27.7 Å². The maximum Gasteiger partial charge on any atom is 0.224 e.